The molecule has 3 unspecified atom stereocenters. The van der Waals surface area contributed by atoms with E-state index in [-0.39, 0.29) is 0 Å². The van der Waals surface area contributed by atoms with Gasteiger partial charge in [-0.3, -0.25) is 0 Å². The van der Waals surface area contributed by atoms with Crippen LogP contribution in [0, 0.1) is 0 Å². The zero-order valence-electron chi connectivity index (χ0n) is 13.2. The van der Waals surface area contributed by atoms with Gasteiger partial charge in [-0.1, -0.05) is 0 Å². The van der Waals surface area contributed by atoms with Crippen LogP contribution in [0.25, 0.3) is 0 Å². The van der Waals surface area contributed by atoms with E-state index in [1.807, 2.05) is 10.8 Å². The first kappa shape index (κ1) is 17.7. The summed E-state index contributed by atoms with van der Waals surface area (Å²) < 4.78 is 10.7. The van der Waals surface area contributed by atoms with Crippen LogP contribution in [0.3, 0.4) is 0 Å². The van der Waals surface area contributed by atoms with Gasteiger partial charge < -0.3 is 0 Å². The van der Waals surface area contributed by atoms with Crippen LogP contribution in [0.2, 0.25) is 0 Å². The SMILES string of the molecule is COc1ccc(P23(c4ccc(OC)cc4)SSC(C2S)P3S)cc1. The average molecular weight is 433 g/mol. The molecule has 2 nitrogen and oxygen atoms in total. The number of hydrogen-bond acceptors (Lipinski definition) is 6. The molecule has 3 saturated heterocycles. The molecule has 0 amide bonds. The standard InChI is InChI=1S/C16H18O2P2S4/c1-17-11-3-7-13(8-4-11)20(14-9-5-12(18-2)6-10-14)16(21)15(19(20)22)23-24-20/h3-10,15-16,21-22H,1-2H3. The molecule has 24 heavy (non-hydrogen) atoms. The number of fused-ring (bicyclic) bond motifs is 1. The van der Waals surface area contributed by atoms with Crippen molar-refractivity contribution in [3.05, 3.63) is 48.5 Å². The van der Waals surface area contributed by atoms with Crippen LogP contribution in [-0.2, 0) is 0 Å². The Morgan fingerprint density at radius 2 is 1.38 bits per heavy atom. The molecule has 2 bridgehead atoms. The molecular formula is C16H18O2P2S4. The zero-order valence-corrected chi connectivity index (χ0v) is 18.4. The first-order valence-corrected chi connectivity index (χ1v) is 16.3. The van der Waals surface area contributed by atoms with Gasteiger partial charge in [-0.2, -0.15) is 0 Å². The molecule has 3 aliphatic heterocycles. The molecule has 128 valence electrons. The number of hydrogen-bond donors (Lipinski definition) is 2. The van der Waals surface area contributed by atoms with Gasteiger partial charge in [-0.05, 0) is 0 Å². The van der Waals surface area contributed by atoms with Crippen LogP contribution in [0.5, 0.6) is 11.5 Å². The number of rotatable bonds is 4. The predicted molar refractivity (Wildman–Crippen MR) is 120 cm³/mol. The molecular weight excluding hydrogens is 414 g/mol. The van der Waals surface area contributed by atoms with Gasteiger partial charge in [0.15, 0.2) is 0 Å². The van der Waals surface area contributed by atoms with Gasteiger partial charge in [-0.15, -0.1) is 0 Å². The Kier molecular flexibility index (Phi) is 4.56. The summed E-state index contributed by atoms with van der Waals surface area (Å²) in [5, 5.41) is 2.78. The fourth-order valence-electron chi connectivity index (χ4n) is 3.45. The van der Waals surface area contributed by atoms with Crippen molar-refractivity contribution < 1.29 is 9.47 Å². The van der Waals surface area contributed by atoms with E-state index in [2.05, 4.69) is 58.9 Å². The summed E-state index contributed by atoms with van der Waals surface area (Å²) in [5.41, 5.74) is -2.46. The molecule has 3 atom stereocenters. The first-order chi connectivity index (χ1) is 11.6. The molecule has 3 aliphatic rings. The number of thiol groups is 2. The van der Waals surface area contributed by atoms with Crippen LogP contribution in [0.15, 0.2) is 48.5 Å². The van der Waals surface area contributed by atoms with E-state index in [1.165, 1.54) is 10.6 Å². The number of methoxy groups -OCH3 is 2. The maximum absolute atomic E-state index is 5.35. The van der Waals surface area contributed by atoms with Crippen LogP contribution in [0.1, 0.15) is 0 Å². The van der Waals surface area contributed by atoms with Gasteiger partial charge in [0.1, 0.15) is 0 Å². The third kappa shape index (κ3) is 1.99. The van der Waals surface area contributed by atoms with E-state index < -0.39 is 12.3 Å². The van der Waals surface area contributed by atoms with Gasteiger partial charge in [-0.25, -0.2) is 0 Å². The van der Waals surface area contributed by atoms with Crippen molar-refractivity contribution in [3.8, 4) is 11.5 Å². The summed E-state index contributed by atoms with van der Waals surface area (Å²) in [6.45, 7) is -0.424. The fraction of sp³-hybridized carbons (Fsp3) is 0.250. The summed E-state index contributed by atoms with van der Waals surface area (Å²) in [5.74, 6) is 1.77. The topological polar surface area (TPSA) is 18.5 Å². The van der Waals surface area contributed by atoms with Crippen molar-refractivity contribution in [2.45, 2.75) is 9.98 Å². The van der Waals surface area contributed by atoms with E-state index in [4.69, 9.17) is 34.4 Å². The monoisotopic (exact) mass is 432 g/mol. The second-order valence-electron chi connectivity index (χ2n) is 5.75. The minimum absolute atomic E-state index is 0.358. The summed E-state index contributed by atoms with van der Waals surface area (Å²) in [7, 11) is 7.45. The molecule has 3 heterocycles. The number of ether oxygens (including phenoxy) is 2. The Bertz CT molecular complexity index is 707. The Hall–Kier alpha value is 0.300. The molecule has 2 aromatic rings. The quantitative estimate of drug-likeness (QED) is 0.385. The van der Waals surface area contributed by atoms with Crippen molar-refractivity contribution in [2.24, 2.45) is 0 Å². The van der Waals surface area contributed by atoms with E-state index in [9.17, 15) is 0 Å². The molecule has 8 heteroatoms. The normalized spacial score (nSPS) is 30.7. The van der Waals surface area contributed by atoms with E-state index >= 15 is 0 Å². The van der Waals surface area contributed by atoms with Gasteiger partial charge >= 0.3 is 163 Å². The zero-order chi connectivity index (χ0) is 17.0. The summed E-state index contributed by atoms with van der Waals surface area (Å²) in [6, 6.07) is 17.2. The number of benzene rings is 2. The molecule has 0 radical (unpaired) electrons. The second-order valence-corrected chi connectivity index (χ2v) is 24.3. The molecule has 0 aromatic heterocycles. The van der Waals surface area contributed by atoms with Crippen molar-refractivity contribution in [1.82, 2.24) is 0 Å². The third-order valence-electron chi connectivity index (χ3n) is 4.82. The van der Waals surface area contributed by atoms with Gasteiger partial charge in [0.25, 0.3) is 0 Å². The van der Waals surface area contributed by atoms with Crippen molar-refractivity contribution in [1.29, 1.82) is 0 Å². The van der Waals surface area contributed by atoms with Crippen molar-refractivity contribution in [2.75, 3.05) is 14.2 Å². The molecule has 0 aliphatic carbocycles. The van der Waals surface area contributed by atoms with Gasteiger partial charge in [0.05, 0.1) is 0 Å². The third-order valence-corrected chi connectivity index (χ3v) is 38.1. The van der Waals surface area contributed by atoms with Gasteiger partial charge in [0, 0.05) is 0 Å². The molecule has 0 N–H and O–H groups in total. The second kappa shape index (κ2) is 6.18. The van der Waals surface area contributed by atoms with E-state index in [1.54, 1.807) is 14.2 Å². The molecule has 3 fully saturated rings. The maximum atomic E-state index is 5.35. The summed E-state index contributed by atoms with van der Waals surface area (Å²) >= 11 is 10.3. The van der Waals surface area contributed by atoms with Crippen LogP contribution < -0.4 is 20.1 Å². The summed E-state index contributed by atoms with van der Waals surface area (Å²) in [4.78, 5) is 0.912. The fourth-order valence-corrected chi connectivity index (χ4v) is 45.4. The van der Waals surface area contributed by atoms with E-state index in [0.717, 1.165) is 11.5 Å². The Morgan fingerprint density at radius 1 is 0.917 bits per heavy atom. The van der Waals surface area contributed by atoms with Crippen LogP contribution in [-0.4, -0.2) is 24.2 Å². The minimum atomic E-state index is -2.46. The summed E-state index contributed by atoms with van der Waals surface area (Å²) in [6.07, 6.45) is 0. The van der Waals surface area contributed by atoms with Crippen LogP contribution >= 0.6 is 58.4 Å². The molecule has 5 rings (SSSR count). The molecule has 2 aromatic carbocycles. The average Bonchev–Trinajstić information content (AvgIpc) is 3.15. The Balaban J connectivity index is 1.93. The van der Waals surface area contributed by atoms with Crippen molar-refractivity contribution in [3.63, 3.8) is 0 Å². The van der Waals surface area contributed by atoms with E-state index in [0.29, 0.717) is 9.98 Å². The van der Waals surface area contributed by atoms with Crippen molar-refractivity contribution >= 4 is 69.0 Å². The first-order valence-electron chi connectivity index (χ1n) is 7.41. The Morgan fingerprint density at radius 3 is 1.67 bits per heavy atom. The molecule has 0 saturated carbocycles. The van der Waals surface area contributed by atoms with Crippen LogP contribution in [0.4, 0.5) is 0 Å². The van der Waals surface area contributed by atoms with Gasteiger partial charge in [0.2, 0.25) is 0 Å². The Labute approximate surface area is 162 Å². The molecule has 0 spiro atoms. The predicted octanol–water partition coefficient (Wildman–Crippen LogP) is 5.36.